The topological polar surface area (TPSA) is 82.6 Å². The van der Waals surface area contributed by atoms with Crippen LogP contribution >= 0.6 is 0 Å². The first-order chi connectivity index (χ1) is 10.3. The van der Waals surface area contributed by atoms with Crippen molar-refractivity contribution >= 4 is 16.8 Å². The van der Waals surface area contributed by atoms with Crippen LogP contribution in [0.25, 0.3) is 10.9 Å². The first-order valence-electron chi connectivity index (χ1n) is 6.96. The summed E-state index contributed by atoms with van der Waals surface area (Å²) in [5.74, 6) is -0.554. The Morgan fingerprint density at radius 3 is 2.86 bits per heavy atom. The summed E-state index contributed by atoms with van der Waals surface area (Å²) in [4.78, 5) is 20.7. The maximum absolute atomic E-state index is 11.4. The van der Waals surface area contributed by atoms with Crippen molar-refractivity contribution in [3.63, 3.8) is 0 Å². The fourth-order valence-electron chi connectivity index (χ4n) is 2.40. The van der Waals surface area contributed by atoms with Crippen molar-refractivity contribution < 1.29 is 14.4 Å². The fraction of sp³-hybridized carbons (Fsp3) is 0.429. The first-order valence-corrected chi connectivity index (χ1v) is 6.96. The summed E-state index contributed by atoms with van der Waals surface area (Å²) in [5.41, 5.74) is 6.32. The molecule has 1 aromatic heterocycles. The van der Waals surface area contributed by atoms with Gasteiger partial charge in [-0.1, -0.05) is 23.0 Å². The molecule has 2 aromatic rings. The number of fused-ring (bicyclic) bond motifs is 1. The fourth-order valence-corrected chi connectivity index (χ4v) is 2.40. The van der Waals surface area contributed by atoms with Crippen molar-refractivity contribution in [2.45, 2.75) is 0 Å². The van der Waals surface area contributed by atoms with E-state index in [0.29, 0.717) is 12.0 Å². The lowest BCUT2D eigenvalue weighted by molar-refractivity contribution is 0.0140. The molecule has 7 nitrogen and oxygen atoms in total. The lowest BCUT2D eigenvalue weighted by Crippen LogP contribution is -2.39. The minimum absolute atomic E-state index is 0.233. The lowest BCUT2D eigenvalue weighted by Gasteiger charge is -2.26. The Kier molecular flexibility index (Phi) is 4.03. The van der Waals surface area contributed by atoms with Crippen LogP contribution in [-0.4, -0.2) is 60.2 Å². The molecule has 7 heteroatoms. The number of nitrogens with zero attached hydrogens (tertiary/aromatic N) is 3. The van der Waals surface area contributed by atoms with E-state index in [0.717, 1.165) is 38.4 Å². The van der Waals surface area contributed by atoms with Crippen LogP contribution in [0.2, 0.25) is 0 Å². The van der Waals surface area contributed by atoms with Gasteiger partial charge in [-0.15, -0.1) is 5.10 Å². The van der Waals surface area contributed by atoms with E-state index in [9.17, 15) is 4.79 Å². The number of ether oxygens (including phenoxy) is 1. The van der Waals surface area contributed by atoms with Gasteiger partial charge in [0.2, 0.25) is 0 Å². The molecule has 2 N–H and O–H groups in total. The Labute approximate surface area is 122 Å². The van der Waals surface area contributed by atoms with Crippen LogP contribution in [0.1, 0.15) is 10.5 Å². The maximum atomic E-state index is 11.4. The van der Waals surface area contributed by atoms with Gasteiger partial charge in [0.25, 0.3) is 5.91 Å². The summed E-state index contributed by atoms with van der Waals surface area (Å²) in [6.45, 7) is 4.63. The zero-order chi connectivity index (χ0) is 14.7. The zero-order valence-corrected chi connectivity index (χ0v) is 11.7. The Morgan fingerprint density at radius 2 is 2.10 bits per heavy atom. The Bertz CT molecular complexity index is 634. The smallest absolute Gasteiger partial charge is 0.269 e. The molecule has 2 heterocycles. The van der Waals surface area contributed by atoms with Gasteiger partial charge in [-0.05, 0) is 6.07 Å². The van der Waals surface area contributed by atoms with Gasteiger partial charge in [0.1, 0.15) is 12.1 Å². The van der Waals surface area contributed by atoms with E-state index in [-0.39, 0.29) is 5.69 Å². The van der Waals surface area contributed by atoms with E-state index in [1.165, 1.54) is 4.85 Å². The highest BCUT2D eigenvalue weighted by Crippen LogP contribution is 2.16. The summed E-state index contributed by atoms with van der Waals surface area (Å²) in [5, 5.41) is 4.85. The molecule has 1 saturated heterocycles. The summed E-state index contributed by atoms with van der Waals surface area (Å²) in [7, 11) is 0. The number of rotatable bonds is 5. The standard InChI is InChI=1S/C14H18N4O3/c15-14(19)13-11-3-1-2-4-12(11)18(16-13)21-10-7-17-5-8-20-9-6-17/h1-4H,5-10H2,(H2,15,19). The zero-order valence-electron chi connectivity index (χ0n) is 11.7. The molecule has 1 aliphatic rings. The first kappa shape index (κ1) is 13.8. The van der Waals surface area contributed by atoms with Gasteiger partial charge < -0.3 is 15.3 Å². The summed E-state index contributed by atoms with van der Waals surface area (Å²) in [6.07, 6.45) is 0. The van der Waals surface area contributed by atoms with Crippen LogP contribution in [0.4, 0.5) is 0 Å². The van der Waals surface area contributed by atoms with E-state index in [1.807, 2.05) is 24.3 Å². The van der Waals surface area contributed by atoms with Crippen molar-refractivity contribution in [1.29, 1.82) is 0 Å². The highest BCUT2D eigenvalue weighted by molar-refractivity contribution is 6.03. The largest absolute Gasteiger partial charge is 0.395 e. The van der Waals surface area contributed by atoms with Gasteiger partial charge >= 0.3 is 0 Å². The third kappa shape index (κ3) is 2.98. The molecular formula is C14H18N4O3. The molecule has 112 valence electrons. The van der Waals surface area contributed by atoms with Crippen LogP contribution in [0.15, 0.2) is 24.3 Å². The molecule has 0 spiro atoms. The number of nitrogens with two attached hydrogens (primary N) is 1. The Hall–Kier alpha value is -2.12. The van der Waals surface area contributed by atoms with Crippen molar-refractivity contribution in [2.24, 2.45) is 5.73 Å². The number of hydrogen-bond donors (Lipinski definition) is 1. The predicted octanol–water partition coefficient (Wildman–Crippen LogP) is -0.104. The van der Waals surface area contributed by atoms with Gasteiger partial charge in [0.15, 0.2) is 5.69 Å². The third-order valence-corrected chi connectivity index (χ3v) is 3.51. The second-order valence-corrected chi connectivity index (χ2v) is 4.89. The minimum Gasteiger partial charge on any atom is -0.395 e. The maximum Gasteiger partial charge on any atom is 0.269 e. The number of para-hydroxylation sites is 1. The second-order valence-electron chi connectivity index (χ2n) is 4.89. The molecule has 0 aliphatic carbocycles. The van der Waals surface area contributed by atoms with Gasteiger partial charge in [0.05, 0.1) is 13.2 Å². The van der Waals surface area contributed by atoms with Crippen LogP contribution in [-0.2, 0) is 4.74 Å². The summed E-state index contributed by atoms with van der Waals surface area (Å²) < 4.78 is 5.30. The summed E-state index contributed by atoms with van der Waals surface area (Å²) in [6, 6.07) is 7.37. The molecule has 21 heavy (non-hydrogen) atoms. The number of carbonyl (C=O) groups is 1. The number of hydrogen-bond acceptors (Lipinski definition) is 5. The average Bonchev–Trinajstić information content (AvgIpc) is 2.88. The minimum atomic E-state index is -0.554. The molecule has 0 atom stereocenters. The molecule has 0 bridgehead atoms. The third-order valence-electron chi connectivity index (χ3n) is 3.51. The van der Waals surface area contributed by atoms with Crippen LogP contribution in [0.3, 0.4) is 0 Å². The van der Waals surface area contributed by atoms with Crippen LogP contribution < -0.4 is 10.6 Å². The van der Waals surface area contributed by atoms with E-state index in [4.69, 9.17) is 15.3 Å². The number of morpholine rings is 1. The van der Waals surface area contributed by atoms with Gasteiger partial charge in [0, 0.05) is 25.0 Å². The predicted molar refractivity (Wildman–Crippen MR) is 77.0 cm³/mol. The normalized spacial score (nSPS) is 16.2. The van der Waals surface area contributed by atoms with E-state index in [2.05, 4.69) is 10.00 Å². The van der Waals surface area contributed by atoms with Gasteiger partial charge in [-0.3, -0.25) is 9.69 Å². The molecule has 1 fully saturated rings. The van der Waals surface area contributed by atoms with E-state index >= 15 is 0 Å². The molecule has 0 unspecified atom stereocenters. The number of amides is 1. The molecule has 1 aliphatic heterocycles. The number of benzene rings is 1. The molecular weight excluding hydrogens is 272 g/mol. The van der Waals surface area contributed by atoms with Crippen molar-refractivity contribution in [2.75, 3.05) is 39.5 Å². The molecule has 0 saturated carbocycles. The Balaban J connectivity index is 1.70. The van der Waals surface area contributed by atoms with Crippen molar-refractivity contribution in [1.82, 2.24) is 14.8 Å². The molecule has 1 aromatic carbocycles. The number of aromatic nitrogens is 2. The van der Waals surface area contributed by atoms with E-state index < -0.39 is 5.91 Å². The molecule has 0 radical (unpaired) electrons. The van der Waals surface area contributed by atoms with Gasteiger partial charge in [-0.2, -0.15) is 0 Å². The second kappa shape index (κ2) is 6.11. The average molecular weight is 290 g/mol. The van der Waals surface area contributed by atoms with Crippen molar-refractivity contribution in [3.8, 4) is 0 Å². The number of primary amides is 1. The Morgan fingerprint density at radius 1 is 1.33 bits per heavy atom. The highest BCUT2D eigenvalue weighted by atomic mass is 16.7. The SMILES string of the molecule is NC(=O)c1nn(OCCN2CCOCC2)c2ccccc12. The van der Waals surface area contributed by atoms with Crippen molar-refractivity contribution in [3.05, 3.63) is 30.0 Å². The van der Waals surface area contributed by atoms with Crippen LogP contribution in [0, 0.1) is 0 Å². The monoisotopic (exact) mass is 290 g/mol. The van der Waals surface area contributed by atoms with Gasteiger partial charge in [-0.25, -0.2) is 0 Å². The summed E-state index contributed by atoms with van der Waals surface area (Å²) >= 11 is 0. The number of carbonyl (C=O) groups excluding carboxylic acids is 1. The highest BCUT2D eigenvalue weighted by Gasteiger charge is 2.15. The van der Waals surface area contributed by atoms with E-state index in [1.54, 1.807) is 0 Å². The molecule has 3 rings (SSSR count). The molecule has 1 amide bonds. The van der Waals surface area contributed by atoms with Crippen LogP contribution in [0.5, 0.6) is 0 Å². The quantitative estimate of drug-likeness (QED) is 0.831. The lowest BCUT2D eigenvalue weighted by atomic mass is 10.2.